The molecular weight excluding hydrogens is 206 g/mol. The largest absolute Gasteiger partial charge is 0.252 e. The molecule has 82 valence electrons. The first-order chi connectivity index (χ1) is 7.70. The standard InChI is InChI=1S/C9H11N7/c1-7(2)16-9(11-5-13-16)4-15-6-12-8(3-10)14-15/h5-7H,4H2,1-2H3. The van der Waals surface area contributed by atoms with Gasteiger partial charge in [-0.2, -0.15) is 10.4 Å². The smallest absolute Gasteiger partial charge is 0.246 e. The average Bonchev–Trinajstić information content (AvgIpc) is 2.87. The maximum Gasteiger partial charge on any atom is 0.252 e. The molecule has 7 heteroatoms. The van der Waals surface area contributed by atoms with E-state index in [1.165, 1.54) is 12.7 Å². The number of nitriles is 1. The Bertz CT molecular complexity index is 516. The maximum absolute atomic E-state index is 8.60. The zero-order valence-electron chi connectivity index (χ0n) is 9.07. The molecule has 0 saturated carbocycles. The Balaban J connectivity index is 2.21. The van der Waals surface area contributed by atoms with Crippen LogP contribution in [-0.4, -0.2) is 29.5 Å². The molecule has 16 heavy (non-hydrogen) atoms. The van der Waals surface area contributed by atoms with Gasteiger partial charge in [-0.3, -0.25) is 0 Å². The lowest BCUT2D eigenvalue weighted by molar-refractivity contribution is 0.487. The average molecular weight is 217 g/mol. The zero-order chi connectivity index (χ0) is 11.5. The minimum absolute atomic E-state index is 0.163. The van der Waals surface area contributed by atoms with E-state index in [9.17, 15) is 0 Å². The van der Waals surface area contributed by atoms with Crippen molar-refractivity contribution in [1.29, 1.82) is 5.26 Å². The van der Waals surface area contributed by atoms with Crippen LogP contribution < -0.4 is 0 Å². The van der Waals surface area contributed by atoms with Crippen LogP contribution in [0.25, 0.3) is 0 Å². The predicted molar refractivity (Wildman–Crippen MR) is 54.2 cm³/mol. The Kier molecular flexibility index (Phi) is 2.64. The fourth-order valence-corrected chi connectivity index (χ4v) is 1.39. The van der Waals surface area contributed by atoms with Crippen molar-refractivity contribution in [3.05, 3.63) is 24.3 Å². The Morgan fingerprint density at radius 2 is 2.25 bits per heavy atom. The molecule has 0 fully saturated rings. The number of hydrogen-bond donors (Lipinski definition) is 0. The molecule has 0 amide bonds. The van der Waals surface area contributed by atoms with Gasteiger partial charge >= 0.3 is 0 Å². The van der Waals surface area contributed by atoms with Crippen LogP contribution in [0.1, 0.15) is 31.5 Å². The first-order valence-corrected chi connectivity index (χ1v) is 4.88. The van der Waals surface area contributed by atoms with Crippen LogP contribution >= 0.6 is 0 Å². The summed E-state index contributed by atoms with van der Waals surface area (Å²) in [5.74, 6) is 0.958. The molecular formula is C9H11N7. The molecule has 2 aromatic heterocycles. The minimum atomic E-state index is 0.163. The van der Waals surface area contributed by atoms with Gasteiger partial charge < -0.3 is 0 Å². The minimum Gasteiger partial charge on any atom is -0.246 e. The Hall–Kier alpha value is -2.23. The predicted octanol–water partition coefficient (Wildman–Crippen LogP) is 0.370. The lowest BCUT2D eigenvalue weighted by atomic mass is 10.4. The summed E-state index contributed by atoms with van der Waals surface area (Å²) in [7, 11) is 0. The number of nitrogens with zero attached hydrogens (tertiary/aromatic N) is 7. The molecule has 7 nitrogen and oxygen atoms in total. The molecule has 2 rings (SSSR count). The fourth-order valence-electron chi connectivity index (χ4n) is 1.39. The highest BCUT2D eigenvalue weighted by atomic mass is 15.4. The number of rotatable bonds is 3. The number of aromatic nitrogens is 6. The van der Waals surface area contributed by atoms with Crippen molar-refractivity contribution in [2.24, 2.45) is 0 Å². The third-order valence-electron chi connectivity index (χ3n) is 2.08. The summed E-state index contributed by atoms with van der Waals surface area (Å²) in [5.41, 5.74) is 0. The Labute approximate surface area is 92.4 Å². The summed E-state index contributed by atoms with van der Waals surface area (Å²) in [6.45, 7) is 4.52. The summed E-state index contributed by atoms with van der Waals surface area (Å²) >= 11 is 0. The van der Waals surface area contributed by atoms with Crippen molar-refractivity contribution in [3.8, 4) is 6.07 Å². The van der Waals surface area contributed by atoms with Gasteiger partial charge in [-0.1, -0.05) is 0 Å². The van der Waals surface area contributed by atoms with Crippen LogP contribution in [0.15, 0.2) is 12.7 Å². The van der Waals surface area contributed by atoms with Crippen LogP contribution in [-0.2, 0) is 6.54 Å². The van der Waals surface area contributed by atoms with Gasteiger partial charge in [0.05, 0.1) is 0 Å². The highest BCUT2D eigenvalue weighted by Crippen LogP contribution is 2.06. The molecule has 0 aliphatic heterocycles. The molecule has 0 aliphatic carbocycles. The quantitative estimate of drug-likeness (QED) is 0.741. The van der Waals surface area contributed by atoms with Crippen LogP contribution in [0.4, 0.5) is 0 Å². The molecule has 0 saturated heterocycles. The van der Waals surface area contributed by atoms with Crippen LogP contribution in [0.3, 0.4) is 0 Å². The van der Waals surface area contributed by atoms with Crippen LogP contribution in [0, 0.1) is 11.3 Å². The second-order valence-electron chi connectivity index (χ2n) is 3.59. The van der Waals surface area contributed by atoms with Gasteiger partial charge in [0.15, 0.2) is 0 Å². The van der Waals surface area contributed by atoms with Crippen molar-refractivity contribution in [2.45, 2.75) is 26.4 Å². The molecule has 0 N–H and O–H groups in total. The van der Waals surface area contributed by atoms with E-state index >= 15 is 0 Å². The summed E-state index contributed by atoms with van der Waals surface area (Å²) in [5, 5.41) is 16.7. The van der Waals surface area contributed by atoms with Crippen molar-refractivity contribution < 1.29 is 0 Å². The van der Waals surface area contributed by atoms with E-state index in [-0.39, 0.29) is 11.9 Å². The molecule has 0 bridgehead atoms. The highest BCUT2D eigenvalue weighted by Gasteiger charge is 2.09. The summed E-state index contributed by atoms with van der Waals surface area (Å²) in [6.07, 6.45) is 3.02. The molecule has 0 aromatic carbocycles. The molecule has 2 heterocycles. The third-order valence-corrected chi connectivity index (χ3v) is 2.08. The van der Waals surface area contributed by atoms with Crippen molar-refractivity contribution in [2.75, 3.05) is 0 Å². The van der Waals surface area contributed by atoms with Crippen molar-refractivity contribution in [3.63, 3.8) is 0 Å². The Morgan fingerprint density at radius 1 is 1.44 bits per heavy atom. The van der Waals surface area contributed by atoms with Gasteiger partial charge in [0.25, 0.3) is 5.82 Å². The van der Waals surface area contributed by atoms with E-state index < -0.39 is 0 Å². The maximum atomic E-state index is 8.60. The lowest BCUT2D eigenvalue weighted by Gasteiger charge is -2.08. The number of hydrogen-bond acceptors (Lipinski definition) is 5. The zero-order valence-corrected chi connectivity index (χ0v) is 9.07. The van der Waals surface area contributed by atoms with Gasteiger partial charge in [-0.15, -0.1) is 5.10 Å². The second-order valence-corrected chi connectivity index (χ2v) is 3.59. The molecule has 2 aromatic rings. The van der Waals surface area contributed by atoms with Gasteiger partial charge in [0.2, 0.25) is 0 Å². The van der Waals surface area contributed by atoms with E-state index in [1.54, 1.807) is 4.68 Å². The lowest BCUT2D eigenvalue weighted by Crippen LogP contribution is -2.12. The first kappa shape index (κ1) is 10.3. The van der Waals surface area contributed by atoms with Gasteiger partial charge in [0.1, 0.15) is 31.1 Å². The molecule has 0 unspecified atom stereocenters. The van der Waals surface area contributed by atoms with E-state index in [0.29, 0.717) is 6.54 Å². The Morgan fingerprint density at radius 3 is 2.88 bits per heavy atom. The third kappa shape index (κ3) is 1.91. The fraction of sp³-hybridized carbons (Fsp3) is 0.444. The van der Waals surface area contributed by atoms with Crippen molar-refractivity contribution >= 4 is 0 Å². The van der Waals surface area contributed by atoms with E-state index in [4.69, 9.17) is 5.26 Å². The van der Waals surface area contributed by atoms with E-state index in [0.717, 1.165) is 5.82 Å². The monoisotopic (exact) mass is 217 g/mol. The van der Waals surface area contributed by atoms with E-state index in [2.05, 4.69) is 20.2 Å². The molecule has 0 aliphatic rings. The highest BCUT2D eigenvalue weighted by molar-refractivity contribution is 5.05. The van der Waals surface area contributed by atoms with Gasteiger partial charge in [-0.05, 0) is 13.8 Å². The van der Waals surface area contributed by atoms with Gasteiger partial charge in [0, 0.05) is 6.04 Å². The second kappa shape index (κ2) is 4.10. The van der Waals surface area contributed by atoms with Crippen molar-refractivity contribution in [1.82, 2.24) is 29.5 Å². The van der Waals surface area contributed by atoms with E-state index in [1.807, 2.05) is 24.6 Å². The summed E-state index contributed by atoms with van der Waals surface area (Å²) in [6, 6.07) is 2.13. The molecule has 0 radical (unpaired) electrons. The topological polar surface area (TPSA) is 85.2 Å². The SMILES string of the molecule is CC(C)n1ncnc1Cn1cnc(C#N)n1. The normalized spacial score (nSPS) is 10.6. The summed E-state index contributed by atoms with van der Waals surface area (Å²) < 4.78 is 3.38. The first-order valence-electron chi connectivity index (χ1n) is 4.88. The van der Waals surface area contributed by atoms with Crippen LogP contribution in [0.5, 0.6) is 0 Å². The van der Waals surface area contributed by atoms with Crippen LogP contribution in [0.2, 0.25) is 0 Å². The molecule has 0 spiro atoms. The van der Waals surface area contributed by atoms with Gasteiger partial charge in [-0.25, -0.2) is 19.3 Å². The molecule has 0 atom stereocenters. The summed E-state index contributed by atoms with van der Waals surface area (Å²) in [4.78, 5) is 7.97.